The van der Waals surface area contributed by atoms with Crippen LogP contribution >= 0.6 is 0 Å². The molecule has 54 valence electrons. The summed E-state index contributed by atoms with van der Waals surface area (Å²) in [6.07, 6.45) is 0.201. The van der Waals surface area contributed by atoms with Crippen LogP contribution in [-0.4, -0.2) is 23.3 Å². The first-order valence-corrected chi connectivity index (χ1v) is 3.19. The lowest BCUT2D eigenvalue weighted by Gasteiger charge is -2.07. The van der Waals surface area contributed by atoms with Crippen LogP contribution in [0.1, 0.15) is 13.3 Å². The van der Waals surface area contributed by atoms with Crippen molar-refractivity contribution in [3.05, 3.63) is 12.2 Å². The largest absolute Gasteiger partial charge is 0.279 e. The summed E-state index contributed by atoms with van der Waals surface area (Å²) in [5, 5.41) is 0. The van der Waals surface area contributed by atoms with Crippen molar-refractivity contribution in [1.29, 1.82) is 0 Å². The van der Waals surface area contributed by atoms with Crippen molar-refractivity contribution >= 4 is 11.8 Å². The molecule has 3 nitrogen and oxygen atoms in total. The second-order valence-corrected chi connectivity index (χ2v) is 2.22. The molecule has 1 fully saturated rings. The summed E-state index contributed by atoms with van der Waals surface area (Å²) in [7, 11) is 0. The van der Waals surface area contributed by atoms with E-state index in [1.807, 2.05) is 0 Å². The van der Waals surface area contributed by atoms with Crippen molar-refractivity contribution in [2.75, 3.05) is 6.54 Å². The van der Waals surface area contributed by atoms with E-state index in [2.05, 4.69) is 6.58 Å². The van der Waals surface area contributed by atoms with Crippen molar-refractivity contribution in [3.63, 3.8) is 0 Å². The van der Waals surface area contributed by atoms with Crippen molar-refractivity contribution in [1.82, 2.24) is 4.90 Å². The van der Waals surface area contributed by atoms with Gasteiger partial charge in [0, 0.05) is 12.1 Å². The molecule has 0 aromatic heterocycles. The van der Waals surface area contributed by atoms with Gasteiger partial charge in [0.15, 0.2) is 0 Å². The third kappa shape index (κ3) is 0.835. The minimum Gasteiger partial charge on any atom is -0.279 e. The Hall–Kier alpha value is -1.12. The van der Waals surface area contributed by atoms with Gasteiger partial charge in [0.2, 0.25) is 5.91 Å². The molecule has 1 saturated heterocycles. The fraction of sp³-hybridized carbons (Fsp3) is 0.429. The quantitative estimate of drug-likeness (QED) is 0.387. The Morgan fingerprint density at radius 1 is 1.60 bits per heavy atom. The van der Waals surface area contributed by atoms with Gasteiger partial charge < -0.3 is 0 Å². The summed E-state index contributed by atoms with van der Waals surface area (Å²) >= 11 is 0. The lowest BCUT2D eigenvalue weighted by atomic mass is 10.3. The van der Waals surface area contributed by atoms with E-state index in [4.69, 9.17) is 0 Å². The summed E-state index contributed by atoms with van der Waals surface area (Å²) in [6, 6.07) is 0. The van der Waals surface area contributed by atoms with E-state index in [1.54, 1.807) is 6.92 Å². The molecular weight excluding hydrogens is 130 g/mol. The summed E-state index contributed by atoms with van der Waals surface area (Å²) in [6.45, 7) is 5.70. The van der Waals surface area contributed by atoms with E-state index < -0.39 is 0 Å². The van der Waals surface area contributed by atoms with Crippen LogP contribution in [0.3, 0.4) is 0 Å². The van der Waals surface area contributed by atoms with Gasteiger partial charge in [-0.1, -0.05) is 6.58 Å². The fourth-order valence-corrected chi connectivity index (χ4v) is 0.978. The Morgan fingerprint density at radius 2 is 2.20 bits per heavy atom. The molecule has 0 aliphatic carbocycles. The van der Waals surface area contributed by atoms with Crippen LogP contribution in [0.15, 0.2) is 12.2 Å². The smallest absolute Gasteiger partial charge is 0.256 e. The van der Waals surface area contributed by atoms with E-state index in [0.29, 0.717) is 12.1 Å². The molecule has 2 amide bonds. The summed E-state index contributed by atoms with van der Waals surface area (Å²) in [4.78, 5) is 23.0. The van der Waals surface area contributed by atoms with Crippen LogP contribution in [-0.2, 0) is 9.59 Å². The molecule has 3 heteroatoms. The van der Waals surface area contributed by atoms with Crippen molar-refractivity contribution < 1.29 is 9.59 Å². The molecule has 1 heterocycles. The number of hydrogen-bond acceptors (Lipinski definition) is 2. The zero-order valence-corrected chi connectivity index (χ0v) is 5.89. The van der Waals surface area contributed by atoms with Crippen LogP contribution in [0.25, 0.3) is 0 Å². The molecule has 0 aromatic rings. The monoisotopic (exact) mass is 139 g/mol. The number of nitrogens with zero attached hydrogens (tertiary/aromatic N) is 1. The normalized spacial score (nSPS) is 18.9. The number of hydrogen-bond donors (Lipinski definition) is 0. The molecular formula is C7H9NO2. The lowest BCUT2D eigenvalue weighted by molar-refractivity contribution is -0.137. The molecule has 0 radical (unpaired) electrons. The second-order valence-electron chi connectivity index (χ2n) is 2.22. The van der Waals surface area contributed by atoms with E-state index in [9.17, 15) is 9.59 Å². The maximum Gasteiger partial charge on any atom is 0.256 e. The molecule has 0 unspecified atom stereocenters. The molecule has 1 rings (SSSR count). The molecule has 0 atom stereocenters. The van der Waals surface area contributed by atoms with Crippen molar-refractivity contribution in [3.8, 4) is 0 Å². The van der Waals surface area contributed by atoms with Gasteiger partial charge in [-0.3, -0.25) is 14.5 Å². The maximum absolute atomic E-state index is 11.0. The Kier molecular flexibility index (Phi) is 1.57. The Labute approximate surface area is 59.3 Å². The van der Waals surface area contributed by atoms with Crippen molar-refractivity contribution in [2.45, 2.75) is 13.3 Å². The minimum atomic E-state index is -0.215. The minimum absolute atomic E-state index is 0.127. The zero-order valence-electron chi connectivity index (χ0n) is 5.89. The topological polar surface area (TPSA) is 37.4 Å². The highest BCUT2D eigenvalue weighted by Crippen LogP contribution is 2.15. The Balaban J connectivity index is 2.84. The molecule has 10 heavy (non-hydrogen) atoms. The standard InChI is InChI=1S/C7H9NO2/c1-3-8-6(9)4-5(2)7(8)10/h2-4H2,1H3. The summed E-state index contributed by atoms with van der Waals surface area (Å²) in [5.74, 6) is -0.343. The molecule has 0 saturated carbocycles. The second kappa shape index (κ2) is 2.25. The van der Waals surface area contributed by atoms with Gasteiger partial charge in [0.25, 0.3) is 5.91 Å². The van der Waals surface area contributed by atoms with Gasteiger partial charge in [-0.25, -0.2) is 0 Å². The highest BCUT2D eigenvalue weighted by Gasteiger charge is 2.30. The average molecular weight is 139 g/mol. The molecule has 0 spiro atoms. The number of rotatable bonds is 1. The highest BCUT2D eigenvalue weighted by molar-refractivity contribution is 6.12. The number of likely N-dealkylation sites (N-methyl/N-ethyl adjacent to an activating group) is 1. The van der Waals surface area contributed by atoms with Gasteiger partial charge in [-0.05, 0) is 6.92 Å². The Bertz CT molecular complexity index is 208. The molecule has 0 bridgehead atoms. The molecule has 1 aliphatic rings. The van der Waals surface area contributed by atoms with Crippen LogP contribution in [0.4, 0.5) is 0 Å². The number of likely N-dealkylation sites (tertiary alicyclic amines) is 1. The van der Waals surface area contributed by atoms with E-state index in [-0.39, 0.29) is 18.2 Å². The number of amides is 2. The zero-order chi connectivity index (χ0) is 7.72. The average Bonchev–Trinajstić information content (AvgIpc) is 2.09. The SMILES string of the molecule is C=C1CC(=O)N(CC)C1=O. The van der Waals surface area contributed by atoms with E-state index in [0.717, 1.165) is 0 Å². The summed E-state index contributed by atoms with van der Waals surface area (Å²) < 4.78 is 0. The third-order valence-electron chi connectivity index (χ3n) is 1.53. The van der Waals surface area contributed by atoms with Gasteiger partial charge in [-0.2, -0.15) is 0 Å². The van der Waals surface area contributed by atoms with Gasteiger partial charge in [0.05, 0.1) is 6.42 Å². The predicted octanol–water partition coefficient (Wildman–Crippen LogP) is 0.321. The van der Waals surface area contributed by atoms with Gasteiger partial charge in [-0.15, -0.1) is 0 Å². The number of imide groups is 1. The van der Waals surface area contributed by atoms with Crippen LogP contribution in [0.5, 0.6) is 0 Å². The first-order valence-electron chi connectivity index (χ1n) is 3.19. The van der Waals surface area contributed by atoms with Crippen molar-refractivity contribution in [2.24, 2.45) is 0 Å². The van der Waals surface area contributed by atoms with Gasteiger partial charge in [0.1, 0.15) is 0 Å². The van der Waals surface area contributed by atoms with Gasteiger partial charge >= 0.3 is 0 Å². The first-order chi connectivity index (χ1) is 4.66. The molecule has 0 aromatic carbocycles. The van der Waals surface area contributed by atoms with Crippen LogP contribution in [0, 0.1) is 0 Å². The highest BCUT2D eigenvalue weighted by atomic mass is 16.2. The molecule has 0 N–H and O–H groups in total. The fourth-order valence-electron chi connectivity index (χ4n) is 0.978. The van der Waals surface area contributed by atoms with E-state index in [1.165, 1.54) is 4.90 Å². The molecule has 1 aliphatic heterocycles. The number of carbonyl (C=O) groups excluding carboxylic acids is 2. The maximum atomic E-state index is 11.0. The first kappa shape index (κ1) is 6.99. The Morgan fingerprint density at radius 3 is 2.40 bits per heavy atom. The summed E-state index contributed by atoms with van der Waals surface area (Å²) in [5.41, 5.74) is 0.409. The predicted molar refractivity (Wildman–Crippen MR) is 36.2 cm³/mol. The lowest BCUT2D eigenvalue weighted by Crippen LogP contribution is -2.28. The van der Waals surface area contributed by atoms with Crippen LogP contribution < -0.4 is 0 Å². The van der Waals surface area contributed by atoms with E-state index >= 15 is 0 Å². The third-order valence-corrected chi connectivity index (χ3v) is 1.53. The van der Waals surface area contributed by atoms with Crippen LogP contribution in [0.2, 0.25) is 0 Å². The number of carbonyl (C=O) groups is 2.